The number of carbonyl (C=O) groups excluding carboxylic acids is 1. The van der Waals surface area contributed by atoms with Crippen LogP contribution in [0.4, 0.5) is 0 Å². The number of carbonyl (C=O) groups is 2. The fraction of sp³-hybridized carbons (Fsp3) is 0.533. The molecule has 0 saturated heterocycles. The van der Waals surface area contributed by atoms with Gasteiger partial charge in [-0.1, -0.05) is 6.92 Å². The van der Waals surface area contributed by atoms with Crippen LogP contribution in [0.25, 0.3) is 0 Å². The van der Waals surface area contributed by atoms with Gasteiger partial charge in [0.1, 0.15) is 0 Å². The molecule has 21 heavy (non-hydrogen) atoms. The molecular formula is C15H22N2O4. The van der Waals surface area contributed by atoms with Crippen molar-refractivity contribution in [3.05, 3.63) is 23.9 Å². The van der Waals surface area contributed by atoms with Crippen LogP contribution in [-0.4, -0.2) is 46.1 Å². The molecule has 0 spiro atoms. The van der Waals surface area contributed by atoms with Crippen molar-refractivity contribution in [2.75, 3.05) is 13.1 Å². The van der Waals surface area contributed by atoms with Crippen molar-refractivity contribution in [1.29, 1.82) is 0 Å². The second-order valence-electron chi connectivity index (χ2n) is 4.75. The van der Waals surface area contributed by atoms with E-state index in [-0.39, 0.29) is 25.0 Å². The first kappa shape index (κ1) is 16.9. The Labute approximate surface area is 124 Å². The molecular weight excluding hydrogens is 272 g/mol. The summed E-state index contributed by atoms with van der Waals surface area (Å²) in [4.78, 5) is 28.5. The molecule has 0 saturated carbocycles. The predicted molar refractivity (Wildman–Crippen MR) is 78.4 cm³/mol. The Kier molecular flexibility index (Phi) is 6.65. The van der Waals surface area contributed by atoms with Gasteiger partial charge in [0.05, 0.1) is 12.5 Å². The second-order valence-corrected chi connectivity index (χ2v) is 4.75. The average Bonchev–Trinajstić information content (AvgIpc) is 2.47. The molecule has 0 aliphatic heterocycles. The number of aliphatic carboxylic acids is 1. The van der Waals surface area contributed by atoms with Crippen LogP contribution in [0.1, 0.15) is 44.0 Å². The number of rotatable bonds is 8. The van der Waals surface area contributed by atoms with E-state index in [1.54, 1.807) is 12.1 Å². The first-order chi connectivity index (χ1) is 9.97. The number of aromatic nitrogens is 1. The molecule has 0 bridgehead atoms. The summed E-state index contributed by atoms with van der Waals surface area (Å²) in [5.74, 6) is -0.726. The summed E-state index contributed by atoms with van der Waals surface area (Å²) in [7, 11) is 0. The van der Waals surface area contributed by atoms with E-state index in [1.807, 2.05) is 20.8 Å². The third-order valence-electron chi connectivity index (χ3n) is 3.14. The Balaban J connectivity index is 2.80. The van der Waals surface area contributed by atoms with Crippen molar-refractivity contribution in [3.8, 4) is 5.88 Å². The zero-order chi connectivity index (χ0) is 15.8. The van der Waals surface area contributed by atoms with E-state index in [2.05, 4.69) is 4.98 Å². The van der Waals surface area contributed by atoms with Gasteiger partial charge in [-0.2, -0.15) is 0 Å². The van der Waals surface area contributed by atoms with Crippen LogP contribution in [0.3, 0.4) is 0 Å². The molecule has 1 aromatic heterocycles. The minimum Gasteiger partial charge on any atom is -0.481 e. The number of carboxylic acid groups (broad SMARTS) is 1. The van der Waals surface area contributed by atoms with Crippen LogP contribution in [0.15, 0.2) is 18.3 Å². The summed E-state index contributed by atoms with van der Waals surface area (Å²) in [6, 6.07) is 3.20. The monoisotopic (exact) mass is 294 g/mol. The van der Waals surface area contributed by atoms with Crippen molar-refractivity contribution in [2.45, 2.75) is 39.7 Å². The van der Waals surface area contributed by atoms with E-state index in [0.29, 0.717) is 18.0 Å². The van der Waals surface area contributed by atoms with Gasteiger partial charge in [0.2, 0.25) is 5.88 Å². The minimum absolute atomic E-state index is 0.0251. The molecule has 1 rings (SSSR count). The fourth-order valence-corrected chi connectivity index (χ4v) is 1.71. The van der Waals surface area contributed by atoms with Crippen LogP contribution in [-0.2, 0) is 4.79 Å². The van der Waals surface area contributed by atoms with Gasteiger partial charge in [0, 0.05) is 30.9 Å². The maximum atomic E-state index is 12.3. The van der Waals surface area contributed by atoms with Crippen molar-refractivity contribution >= 4 is 11.9 Å². The molecule has 1 heterocycles. The van der Waals surface area contributed by atoms with Gasteiger partial charge in [-0.25, -0.2) is 4.98 Å². The summed E-state index contributed by atoms with van der Waals surface area (Å²) in [6.07, 6.45) is 2.33. The Morgan fingerprint density at radius 3 is 2.71 bits per heavy atom. The third-order valence-corrected chi connectivity index (χ3v) is 3.14. The molecule has 1 atom stereocenters. The van der Waals surface area contributed by atoms with Crippen LogP contribution < -0.4 is 4.74 Å². The largest absolute Gasteiger partial charge is 0.481 e. The van der Waals surface area contributed by atoms with Crippen LogP contribution in [0.5, 0.6) is 5.88 Å². The number of ether oxygens (including phenoxy) is 1. The van der Waals surface area contributed by atoms with Gasteiger partial charge < -0.3 is 14.7 Å². The lowest BCUT2D eigenvalue weighted by Gasteiger charge is -2.20. The number of carboxylic acids is 1. The SMILES string of the molecule is CCC(C)Oc1cc(C(=O)N(CC)CCC(=O)O)ccn1. The van der Waals surface area contributed by atoms with Crippen molar-refractivity contribution in [3.63, 3.8) is 0 Å². The minimum atomic E-state index is -0.920. The van der Waals surface area contributed by atoms with Gasteiger partial charge in [-0.3, -0.25) is 9.59 Å². The summed E-state index contributed by atoms with van der Waals surface area (Å²) in [5.41, 5.74) is 0.454. The molecule has 6 heteroatoms. The molecule has 0 radical (unpaired) electrons. The normalized spacial score (nSPS) is 11.8. The van der Waals surface area contributed by atoms with Crippen molar-refractivity contribution in [1.82, 2.24) is 9.88 Å². The Morgan fingerprint density at radius 1 is 1.43 bits per heavy atom. The fourth-order valence-electron chi connectivity index (χ4n) is 1.71. The van der Waals surface area contributed by atoms with Gasteiger partial charge in [-0.05, 0) is 26.3 Å². The molecule has 1 N–H and O–H groups in total. The first-order valence-corrected chi connectivity index (χ1v) is 7.11. The Morgan fingerprint density at radius 2 is 2.14 bits per heavy atom. The van der Waals surface area contributed by atoms with Gasteiger partial charge in [0.15, 0.2) is 0 Å². The molecule has 1 unspecified atom stereocenters. The summed E-state index contributed by atoms with van der Waals surface area (Å²) >= 11 is 0. The first-order valence-electron chi connectivity index (χ1n) is 7.11. The number of amides is 1. The lowest BCUT2D eigenvalue weighted by molar-refractivity contribution is -0.137. The zero-order valence-electron chi connectivity index (χ0n) is 12.7. The predicted octanol–water partition coefficient (Wildman–Crippen LogP) is 2.20. The van der Waals surface area contributed by atoms with Gasteiger partial charge in [-0.15, -0.1) is 0 Å². The van der Waals surface area contributed by atoms with E-state index in [1.165, 1.54) is 11.1 Å². The average molecular weight is 294 g/mol. The maximum Gasteiger partial charge on any atom is 0.305 e. The summed E-state index contributed by atoms with van der Waals surface area (Å²) in [5, 5.41) is 8.71. The molecule has 0 fully saturated rings. The van der Waals surface area contributed by atoms with Gasteiger partial charge >= 0.3 is 5.97 Å². The molecule has 116 valence electrons. The van der Waals surface area contributed by atoms with Crippen molar-refractivity contribution < 1.29 is 19.4 Å². The molecule has 1 amide bonds. The second kappa shape index (κ2) is 8.24. The summed E-state index contributed by atoms with van der Waals surface area (Å²) < 4.78 is 5.59. The maximum absolute atomic E-state index is 12.3. The zero-order valence-corrected chi connectivity index (χ0v) is 12.7. The van der Waals surface area contributed by atoms with Crippen LogP contribution in [0.2, 0.25) is 0 Å². The quantitative estimate of drug-likeness (QED) is 0.795. The van der Waals surface area contributed by atoms with E-state index >= 15 is 0 Å². The van der Waals surface area contributed by atoms with Crippen LogP contribution in [0, 0.1) is 0 Å². The van der Waals surface area contributed by atoms with Crippen molar-refractivity contribution in [2.24, 2.45) is 0 Å². The van der Waals surface area contributed by atoms with Crippen LogP contribution >= 0.6 is 0 Å². The Hall–Kier alpha value is -2.11. The lowest BCUT2D eigenvalue weighted by atomic mass is 10.2. The lowest BCUT2D eigenvalue weighted by Crippen LogP contribution is -2.32. The molecule has 1 aromatic rings. The highest BCUT2D eigenvalue weighted by atomic mass is 16.5. The highest BCUT2D eigenvalue weighted by Gasteiger charge is 2.16. The Bertz CT molecular complexity index is 490. The number of hydrogen-bond acceptors (Lipinski definition) is 4. The molecule has 6 nitrogen and oxygen atoms in total. The topological polar surface area (TPSA) is 79.7 Å². The van der Waals surface area contributed by atoms with Gasteiger partial charge in [0.25, 0.3) is 5.91 Å². The van der Waals surface area contributed by atoms with E-state index in [0.717, 1.165) is 6.42 Å². The molecule has 0 aromatic carbocycles. The number of pyridine rings is 1. The number of nitrogens with zero attached hydrogens (tertiary/aromatic N) is 2. The van der Waals surface area contributed by atoms with E-state index in [4.69, 9.17) is 9.84 Å². The molecule has 0 aliphatic rings. The highest BCUT2D eigenvalue weighted by Crippen LogP contribution is 2.14. The molecule has 0 aliphatic carbocycles. The number of hydrogen-bond donors (Lipinski definition) is 1. The third kappa shape index (κ3) is 5.41. The van der Waals surface area contributed by atoms with E-state index < -0.39 is 5.97 Å². The van der Waals surface area contributed by atoms with E-state index in [9.17, 15) is 9.59 Å². The smallest absolute Gasteiger partial charge is 0.305 e. The summed E-state index contributed by atoms with van der Waals surface area (Å²) in [6.45, 7) is 6.40. The highest BCUT2D eigenvalue weighted by molar-refractivity contribution is 5.94. The standard InChI is InChI=1S/C15H22N2O4/c1-4-11(3)21-13-10-12(6-8-16-13)15(20)17(5-2)9-7-14(18)19/h6,8,10-11H,4-5,7,9H2,1-3H3,(H,18,19).